The van der Waals surface area contributed by atoms with E-state index in [4.69, 9.17) is 0 Å². The number of anilines is 6. The number of hydrogen-bond acceptors (Lipinski definition) is 2. The van der Waals surface area contributed by atoms with Gasteiger partial charge in [-0.2, -0.15) is 0 Å². The highest BCUT2D eigenvalue weighted by molar-refractivity contribution is 6.15. The first kappa shape index (κ1) is 61.6. The van der Waals surface area contributed by atoms with Crippen LogP contribution in [0.15, 0.2) is 285 Å². The number of para-hydroxylation sites is 6. The lowest BCUT2D eigenvalue weighted by atomic mass is 9.75. The average Bonchev–Trinajstić information content (AvgIpc) is 1.03. The molecule has 0 spiro atoms. The molecule has 0 atom stereocenters. The van der Waals surface area contributed by atoms with Gasteiger partial charge in [-0.15, -0.1) is 0 Å². The first-order valence-corrected chi connectivity index (χ1v) is 35.4. The Kier molecular flexibility index (Phi) is 14.2. The maximum Gasteiger partial charge on any atom is 0.0619 e. The molecule has 17 rings (SSSR count). The molecule has 2 aliphatic rings. The fourth-order valence-electron chi connectivity index (χ4n) is 16.1. The predicted molar refractivity (Wildman–Crippen MR) is 422 cm³/mol. The van der Waals surface area contributed by atoms with Crippen molar-refractivity contribution in [1.82, 2.24) is 9.13 Å². The summed E-state index contributed by atoms with van der Waals surface area (Å²) in [6.45, 7) is 28.2. The molecule has 0 fully saturated rings. The summed E-state index contributed by atoms with van der Waals surface area (Å²) in [5.41, 5.74) is 32.0. The van der Waals surface area contributed by atoms with Crippen LogP contribution < -0.4 is 9.80 Å². The van der Waals surface area contributed by atoms with E-state index in [1.807, 2.05) is 0 Å². The zero-order valence-electron chi connectivity index (χ0n) is 59.0. The van der Waals surface area contributed by atoms with Crippen molar-refractivity contribution in [2.45, 2.75) is 111 Å². The number of aromatic nitrogens is 2. The first-order valence-electron chi connectivity index (χ1n) is 35.4. The van der Waals surface area contributed by atoms with Crippen molar-refractivity contribution >= 4 is 77.7 Å². The molecule has 0 aliphatic carbocycles. The summed E-state index contributed by atoms with van der Waals surface area (Å²) in [4.78, 5) is 5.29. The largest absolute Gasteiger partial charge is 0.309 e. The fourth-order valence-corrected chi connectivity index (χ4v) is 16.1. The van der Waals surface area contributed by atoms with Crippen LogP contribution in [0.25, 0.3) is 99.5 Å². The van der Waals surface area contributed by atoms with E-state index < -0.39 is 0 Å². The molecule has 0 unspecified atom stereocenters. The topological polar surface area (TPSA) is 16.3 Å². The SMILES string of the molecule is CC(C)(C)c1cc(-c2ccccc2N2c3cc(-n4c5ccccc5c5cccc(-c6ccccc6)c54)ccc3C3c4ccc(-n5c6ccccc6c6cccc(-c7ccccc7)c65)cc4N(c4ccccc4-c4cc(C(C)(C)C)cc(C(C)(C)C)c4)c4cccc2c43)cc(C(C)(C)C)c1. The van der Waals surface area contributed by atoms with Gasteiger partial charge in [-0.25, -0.2) is 0 Å². The Morgan fingerprint density at radius 3 is 0.960 bits per heavy atom. The number of nitrogens with zero attached hydrogens (tertiary/aromatic N) is 4. The minimum absolute atomic E-state index is 0.0919. The fraction of sp³-hybridized carbons (Fsp3) is 0.179. The minimum Gasteiger partial charge on any atom is -0.309 e. The van der Waals surface area contributed by atoms with Gasteiger partial charge in [0.15, 0.2) is 0 Å². The molecule has 0 N–H and O–H groups in total. The molecule has 15 aromatic rings. The normalized spacial score (nSPS) is 13.4. The number of rotatable bonds is 8. The summed E-state index contributed by atoms with van der Waals surface area (Å²) in [5.74, 6) is -0.180. The Hall–Kier alpha value is -10.9. The van der Waals surface area contributed by atoms with Crippen LogP contribution in [0, 0.1) is 0 Å². The van der Waals surface area contributed by atoms with Crippen molar-refractivity contribution in [3.63, 3.8) is 0 Å². The molecule has 0 radical (unpaired) electrons. The quantitative estimate of drug-likeness (QED) is 0.151. The second kappa shape index (κ2) is 22.8. The molecular weight excluding hydrogens is 1200 g/mol. The van der Waals surface area contributed by atoms with Gasteiger partial charge in [0.1, 0.15) is 0 Å². The zero-order chi connectivity index (χ0) is 68.0. The van der Waals surface area contributed by atoms with E-state index in [-0.39, 0.29) is 27.6 Å². The highest BCUT2D eigenvalue weighted by Gasteiger charge is 2.43. The lowest BCUT2D eigenvalue weighted by molar-refractivity contribution is 0.568. The number of hydrogen-bond donors (Lipinski definition) is 0. The van der Waals surface area contributed by atoms with Crippen LogP contribution in [0.4, 0.5) is 34.1 Å². The Morgan fingerprint density at radius 2 is 0.566 bits per heavy atom. The molecule has 484 valence electrons. The second-order valence-corrected chi connectivity index (χ2v) is 31.8. The molecule has 13 aromatic carbocycles. The molecule has 0 saturated heterocycles. The Morgan fingerprint density at radius 1 is 0.242 bits per heavy atom. The average molecular weight is 1280 g/mol. The van der Waals surface area contributed by atoms with Gasteiger partial charge in [-0.3, -0.25) is 0 Å². The Bertz CT molecular complexity index is 5320. The molecule has 0 amide bonds. The first-order chi connectivity index (χ1) is 47.7. The van der Waals surface area contributed by atoms with E-state index in [1.54, 1.807) is 0 Å². The van der Waals surface area contributed by atoms with Gasteiger partial charge in [0.05, 0.1) is 56.2 Å². The number of fused-ring (bicyclic) bond motifs is 10. The van der Waals surface area contributed by atoms with Gasteiger partial charge in [-0.1, -0.05) is 308 Å². The monoisotopic (exact) mass is 1280 g/mol. The van der Waals surface area contributed by atoms with Crippen molar-refractivity contribution < 1.29 is 0 Å². The molecular formula is C95H84N4. The Balaban J connectivity index is 0.986. The molecule has 0 bridgehead atoms. The highest BCUT2D eigenvalue weighted by Crippen LogP contribution is 2.63. The van der Waals surface area contributed by atoms with E-state index in [0.29, 0.717) is 0 Å². The van der Waals surface area contributed by atoms with Crippen molar-refractivity contribution in [2.24, 2.45) is 0 Å². The third-order valence-electron chi connectivity index (χ3n) is 21.3. The van der Waals surface area contributed by atoms with E-state index in [2.05, 4.69) is 387 Å². The lowest BCUT2D eigenvalue weighted by Gasteiger charge is -2.46. The summed E-state index contributed by atoms with van der Waals surface area (Å²) < 4.78 is 5.08. The van der Waals surface area contributed by atoms with Crippen LogP contribution in [0.2, 0.25) is 0 Å². The van der Waals surface area contributed by atoms with Crippen LogP contribution in [0.1, 0.15) is 128 Å². The summed E-state index contributed by atoms with van der Waals surface area (Å²) in [5, 5.41) is 4.91. The van der Waals surface area contributed by atoms with Crippen molar-refractivity contribution in [3.05, 3.63) is 324 Å². The summed E-state index contributed by atoms with van der Waals surface area (Å²) in [6.07, 6.45) is 0. The minimum atomic E-state index is -0.180. The van der Waals surface area contributed by atoms with Gasteiger partial charge < -0.3 is 18.9 Å². The smallest absolute Gasteiger partial charge is 0.0619 e. The summed E-state index contributed by atoms with van der Waals surface area (Å²) >= 11 is 0. The van der Waals surface area contributed by atoms with Gasteiger partial charge >= 0.3 is 0 Å². The van der Waals surface area contributed by atoms with Gasteiger partial charge in [-0.05, 0) is 138 Å². The van der Waals surface area contributed by atoms with Gasteiger partial charge in [0.25, 0.3) is 0 Å². The van der Waals surface area contributed by atoms with Gasteiger partial charge in [0, 0.05) is 66.7 Å². The maximum absolute atomic E-state index is 2.64. The van der Waals surface area contributed by atoms with Crippen molar-refractivity contribution in [1.29, 1.82) is 0 Å². The van der Waals surface area contributed by atoms with Crippen LogP contribution in [-0.4, -0.2) is 9.13 Å². The van der Waals surface area contributed by atoms with Crippen LogP contribution in [-0.2, 0) is 21.7 Å². The van der Waals surface area contributed by atoms with Crippen molar-refractivity contribution in [2.75, 3.05) is 9.80 Å². The standard InChI is InChI=1S/C95H84N4/c1-92(2,3)64-52-62(53-65(56-64)93(4,5)6)70-34-19-23-42-80(70)98-84-46-29-47-85-89(84)88(78-50-48-68(58-86(78)98)96-82-44-25-21-36-74(82)76-40-27-38-72(90(76)96)60-30-15-13-16-31-60)79-51-49-69(97-83-45-26-22-37-75(83)77-41-28-39-73(91(77)97)61-32-17-14-18-33-61)59-87(79)99(85)81-43-24-20-35-71(81)63-54-66(94(7,8)9)57-67(55-63)95(10,11)12/h13-59,88H,1-12H3. The molecule has 2 aromatic heterocycles. The van der Waals surface area contributed by atoms with E-state index >= 15 is 0 Å². The Labute approximate surface area is 583 Å². The third-order valence-corrected chi connectivity index (χ3v) is 21.3. The third kappa shape index (κ3) is 10.2. The van der Waals surface area contributed by atoms with Crippen LogP contribution in [0.3, 0.4) is 0 Å². The molecule has 0 saturated carbocycles. The molecule has 2 aliphatic heterocycles. The van der Waals surface area contributed by atoms with Crippen molar-refractivity contribution in [3.8, 4) is 55.9 Å². The summed E-state index contributed by atoms with van der Waals surface area (Å²) in [6, 6.07) is 109. The lowest BCUT2D eigenvalue weighted by Crippen LogP contribution is -2.29. The van der Waals surface area contributed by atoms with E-state index in [9.17, 15) is 0 Å². The zero-order valence-corrected chi connectivity index (χ0v) is 59.0. The molecule has 4 nitrogen and oxygen atoms in total. The second-order valence-electron chi connectivity index (χ2n) is 31.8. The molecule has 4 heteroatoms. The van der Waals surface area contributed by atoms with Crippen LogP contribution >= 0.6 is 0 Å². The van der Waals surface area contributed by atoms with Gasteiger partial charge in [0.2, 0.25) is 0 Å². The van der Waals surface area contributed by atoms with E-state index in [0.717, 1.165) is 45.5 Å². The molecule has 4 heterocycles. The number of benzene rings is 13. The highest BCUT2D eigenvalue weighted by atomic mass is 15.2. The van der Waals surface area contributed by atoms with E-state index in [1.165, 1.54) is 127 Å². The predicted octanol–water partition coefficient (Wildman–Crippen LogP) is 26.5. The maximum atomic E-state index is 2.64. The van der Waals surface area contributed by atoms with Crippen LogP contribution in [0.5, 0.6) is 0 Å². The molecule has 99 heavy (non-hydrogen) atoms. The summed E-state index contributed by atoms with van der Waals surface area (Å²) in [7, 11) is 0.